The molecule has 6 atom stereocenters. The third-order valence-electron chi connectivity index (χ3n) is 11.5. The van der Waals surface area contributed by atoms with E-state index in [4.69, 9.17) is 22.9 Å². The highest BCUT2D eigenvalue weighted by molar-refractivity contribution is 7.45. The van der Waals surface area contributed by atoms with Gasteiger partial charge in [0.1, 0.15) is 37.1 Å². The molecular formula is C48H82NO12P. The summed E-state index contributed by atoms with van der Waals surface area (Å²) in [5.41, 5.74) is 2.57. The van der Waals surface area contributed by atoms with E-state index in [-0.39, 0.29) is 50.1 Å². The van der Waals surface area contributed by atoms with Crippen molar-refractivity contribution in [3.05, 3.63) is 47.0 Å². The number of quaternary nitrogens is 1. The Bertz CT molecular complexity index is 1550. The number of unbranched alkanes of at least 4 members (excludes halogenated alkanes) is 10. The molecule has 0 amide bonds. The second kappa shape index (κ2) is 30.5. The van der Waals surface area contributed by atoms with E-state index < -0.39 is 44.7 Å². The van der Waals surface area contributed by atoms with Crippen molar-refractivity contribution >= 4 is 25.5 Å². The number of aryl methyl sites for hydroxylation is 2. The van der Waals surface area contributed by atoms with Crippen molar-refractivity contribution in [3.8, 4) is 0 Å². The lowest BCUT2D eigenvalue weighted by molar-refractivity contribution is -0.870. The monoisotopic (exact) mass is 896 g/mol. The second-order valence-corrected chi connectivity index (χ2v) is 19.5. The van der Waals surface area contributed by atoms with Crippen LogP contribution in [0.5, 0.6) is 0 Å². The van der Waals surface area contributed by atoms with Crippen LogP contribution in [0.2, 0.25) is 0 Å². The maximum absolute atomic E-state index is 12.8. The summed E-state index contributed by atoms with van der Waals surface area (Å²) in [6.07, 6.45) is 21.2. The summed E-state index contributed by atoms with van der Waals surface area (Å²) in [7, 11) is 0.973. The molecule has 1 aromatic heterocycles. The van der Waals surface area contributed by atoms with E-state index in [9.17, 15) is 34.1 Å². The molecule has 356 valence electrons. The number of phosphoric acid groups is 1. The molecule has 1 aliphatic rings. The van der Waals surface area contributed by atoms with Crippen molar-refractivity contribution in [1.29, 1.82) is 0 Å². The van der Waals surface area contributed by atoms with E-state index in [1.54, 1.807) is 12.2 Å². The van der Waals surface area contributed by atoms with Gasteiger partial charge in [-0.05, 0) is 69.9 Å². The SMILES string of the molecule is CCCCCc1oc(CCCCCCCCC(=O)OC[C@H](COP(=O)([O-])OCC[N+](C)(C)C)OC(=O)CCC/C=C\C[C@H]2C(=O)C[C@@H](O)[C@@H]2/C=C/[C@@H](O)CCCCC)c(C)c1C. The van der Waals surface area contributed by atoms with Crippen LogP contribution in [0.25, 0.3) is 0 Å². The predicted molar refractivity (Wildman–Crippen MR) is 240 cm³/mol. The molecule has 0 radical (unpaired) electrons. The number of hydrogen-bond acceptors (Lipinski definition) is 12. The molecular weight excluding hydrogens is 813 g/mol. The first-order chi connectivity index (χ1) is 29.5. The molecule has 2 N–H and O–H groups in total. The molecule has 1 aliphatic carbocycles. The highest BCUT2D eigenvalue weighted by Gasteiger charge is 2.39. The van der Waals surface area contributed by atoms with Gasteiger partial charge in [0.2, 0.25) is 0 Å². The number of esters is 2. The first-order valence-electron chi connectivity index (χ1n) is 23.5. The van der Waals surface area contributed by atoms with E-state index >= 15 is 0 Å². The van der Waals surface area contributed by atoms with Crippen molar-refractivity contribution < 1.29 is 61.5 Å². The zero-order valence-corrected chi connectivity index (χ0v) is 40.1. The normalized spacial score (nSPS) is 19.1. The van der Waals surface area contributed by atoms with Gasteiger partial charge in [-0.15, -0.1) is 0 Å². The Morgan fingerprint density at radius 2 is 1.47 bits per heavy atom. The number of aliphatic hydroxyl groups is 2. The molecule has 2 rings (SSSR count). The summed E-state index contributed by atoms with van der Waals surface area (Å²) in [5.74, 6) is 0.417. The number of rotatable bonds is 35. The number of phosphoric ester groups is 1. The van der Waals surface area contributed by atoms with Crippen molar-refractivity contribution in [2.24, 2.45) is 11.8 Å². The van der Waals surface area contributed by atoms with Crippen molar-refractivity contribution in [3.63, 3.8) is 0 Å². The van der Waals surface area contributed by atoms with Gasteiger partial charge in [0.15, 0.2) is 6.10 Å². The Labute approximate surface area is 373 Å². The summed E-state index contributed by atoms with van der Waals surface area (Å²) in [6.45, 7) is 8.03. The van der Waals surface area contributed by atoms with Gasteiger partial charge < -0.3 is 42.5 Å². The summed E-state index contributed by atoms with van der Waals surface area (Å²) < 4.78 is 40.1. The van der Waals surface area contributed by atoms with Crippen LogP contribution in [0.3, 0.4) is 0 Å². The first kappa shape index (κ1) is 55.5. The number of carbonyl (C=O) groups excluding carboxylic acids is 3. The lowest BCUT2D eigenvalue weighted by atomic mass is 9.90. The largest absolute Gasteiger partial charge is 0.756 e. The molecule has 0 aliphatic heterocycles. The number of furan rings is 1. The average Bonchev–Trinajstić information content (AvgIpc) is 3.63. The van der Waals surface area contributed by atoms with Gasteiger partial charge in [0.25, 0.3) is 7.82 Å². The number of ketones is 1. The fourth-order valence-corrected chi connectivity index (χ4v) is 8.19. The maximum atomic E-state index is 12.8. The van der Waals surface area contributed by atoms with Crippen LogP contribution >= 0.6 is 7.82 Å². The zero-order chi connectivity index (χ0) is 46.0. The topological polar surface area (TPSA) is 182 Å². The van der Waals surface area contributed by atoms with Crippen LogP contribution < -0.4 is 4.89 Å². The summed E-state index contributed by atoms with van der Waals surface area (Å²) in [5, 5.41) is 20.8. The predicted octanol–water partition coefficient (Wildman–Crippen LogP) is 8.75. The number of carbonyl (C=O) groups is 3. The Morgan fingerprint density at radius 3 is 2.13 bits per heavy atom. The van der Waals surface area contributed by atoms with Crippen LogP contribution in [0.4, 0.5) is 0 Å². The van der Waals surface area contributed by atoms with E-state index in [2.05, 4.69) is 27.7 Å². The van der Waals surface area contributed by atoms with Gasteiger partial charge in [-0.25, -0.2) is 0 Å². The Morgan fingerprint density at radius 1 is 0.855 bits per heavy atom. The lowest BCUT2D eigenvalue weighted by Crippen LogP contribution is -2.37. The third kappa shape index (κ3) is 23.9. The minimum absolute atomic E-state index is 0.0136. The van der Waals surface area contributed by atoms with Gasteiger partial charge in [-0.3, -0.25) is 18.9 Å². The molecule has 13 nitrogen and oxygen atoms in total. The second-order valence-electron chi connectivity index (χ2n) is 18.1. The highest BCUT2D eigenvalue weighted by Crippen LogP contribution is 2.38. The van der Waals surface area contributed by atoms with Crippen LogP contribution in [0.15, 0.2) is 28.7 Å². The van der Waals surface area contributed by atoms with Crippen LogP contribution in [0.1, 0.15) is 158 Å². The molecule has 1 saturated carbocycles. The Balaban J connectivity index is 1.78. The molecule has 62 heavy (non-hydrogen) atoms. The van der Waals surface area contributed by atoms with Gasteiger partial charge in [-0.2, -0.15) is 0 Å². The summed E-state index contributed by atoms with van der Waals surface area (Å²) >= 11 is 0. The van der Waals surface area contributed by atoms with Gasteiger partial charge in [-0.1, -0.05) is 95.9 Å². The van der Waals surface area contributed by atoms with Gasteiger partial charge >= 0.3 is 11.9 Å². The fourth-order valence-electron chi connectivity index (χ4n) is 7.46. The molecule has 1 unspecified atom stereocenters. The van der Waals surface area contributed by atoms with Gasteiger partial charge in [0, 0.05) is 43.9 Å². The summed E-state index contributed by atoms with van der Waals surface area (Å²) in [4.78, 5) is 50.5. The van der Waals surface area contributed by atoms with E-state index in [0.717, 1.165) is 82.1 Å². The number of hydrogen-bond donors (Lipinski definition) is 2. The Kier molecular flexibility index (Phi) is 27.3. The molecule has 0 aromatic carbocycles. The maximum Gasteiger partial charge on any atom is 0.306 e. The number of ether oxygens (including phenoxy) is 2. The number of likely N-dealkylation sites (N-methyl/N-ethyl adjacent to an activating group) is 1. The molecule has 0 bridgehead atoms. The number of allylic oxidation sites excluding steroid dienone is 2. The molecule has 1 heterocycles. The van der Waals surface area contributed by atoms with Gasteiger partial charge in [0.05, 0.1) is 40.0 Å². The number of nitrogens with zero attached hydrogens (tertiary/aromatic N) is 1. The average molecular weight is 896 g/mol. The van der Waals surface area contributed by atoms with Crippen LogP contribution in [-0.2, 0) is 50.3 Å². The number of Topliss-reactive ketones (excluding diaryl/α,β-unsaturated/α-hetero) is 1. The van der Waals surface area contributed by atoms with Crippen molar-refractivity contribution in [2.75, 3.05) is 47.5 Å². The fraction of sp³-hybridized carbons (Fsp3) is 0.771. The third-order valence-corrected chi connectivity index (χ3v) is 12.5. The zero-order valence-electron chi connectivity index (χ0n) is 39.2. The highest BCUT2D eigenvalue weighted by atomic mass is 31.2. The first-order valence-corrected chi connectivity index (χ1v) is 25.0. The standard InChI is InChI=1S/C48H82NO12P/c1-8-10-18-24-39(50)30-31-42-41(43(51)34-44(42)52)25-20-16-17-23-29-48(54)60-40(36-59-62(55,56)58-33-32-49(5,6)7)35-57-47(53)28-22-15-13-12-14-21-27-46-38(4)37(3)45(61-46)26-19-11-9-2/h16,20,30-31,39-42,44,50,52H,8-15,17-19,21-29,32-36H2,1-7H3/b20-16-,31-30+/t39-,40+,41+,42+,44+/m0/s1. The lowest BCUT2D eigenvalue weighted by Gasteiger charge is -2.28. The van der Waals surface area contributed by atoms with E-state index in [1.807, 2.05) is 33.3 Å². The summed E-state index contributed by atoms with van der Waals surface area (Å²) in [6, 6.07) is 0. The van der Waals surface area contributed by atoms with E-state index in [1.165, 1.54) is 24.0 Å². The van der Waals surface area contributed by atoms with E-state index in [0.29, 0.717) is 43.1 Å². The van der Waals surface area contributed by atoms with Crippen molar-refractivity contribution in [1.82, 2.24) is 0 Å². The minimum Gasteiger partial charge on any atom is -0.756 e. The van der Waals surface area contributed by atoms with Crippen molar-refractivity contribution in [2.45, 2.75) is 181 Å². The van der Waals surface area contributed by atoms with Crippen LogP contribution in [-0.4, -0.2) is 98.2 Å². The molecule has 1 aromatic rings. The minimum atomic E-state index is -4.72. The molecule has 1 fully saturated rings. The quantitative estimate of drug-likeness (QED) is 0.0218. The molecule has 14 heteroatoms. The molecule has 0 spiro atoms. The van der Waals surface area contributed by atoms with Crippen LogP contribution in [0, 0.1) is 25.7 Å². The Hall–Kier alpha value is -2.64. The molecule has 0 saturated heterocycles. The number of aliphatic hydroxyl groups excluding tert-OH is 2. The smallest absolute Gasteiger partial charge is 0.306 e.